The quantitative estimate of drug-likeness (QED) is 0.536. The molecule has 0 saturated heterocycles. The number of para-hydroxylation sites is 2. The topological polar surface area (TPSA) is 56.1 Å². The highest BCUT2D eigenvalue weighted by molar-refractivity contribution is 8.00. The third-order valence-electron chi connectivity index (χ3n) is 4.00. The largest absolute Gasteiger partial charge is 0.383 e. The number of benzene rings is 2. The molecule has 0 aliphatic carbocycles. The van der Waals surface area contributed by atoms with Crippen molar-refractivity contribution in [3.8, 4) is 0 Å². The van der Waals surface area contributed by atoms with Gasteiger partial charge in [-0.25, -0.2) is 4.98 Å². The number of halogens is 2. The molecule has 3 rings (SSSR count). The first-order valence-electron chi connectivity index (χ1n) is 8.37. The SMILES string of the molecule is COCCn1c(SC(C)C(=O)Nc2cccc(Cl)c2Cl)nc2ccccc21. The van der Waals surface area contributed by atoms with Crippen molar-refractivity contribution in [1.29, 1.82) is 0 Å². The van der Waals surface area contributed by atoms with Crippen molar-refractivity contribution >= 4 is 57.6 Å². The van der Waals surface area contributed by atoms with Crippen molar-refractivity contribution in [3.05, 3.63) is 52.5 Å². The molecule has 1 unspecified atom stereocenters. The fraction of sp³-hybridized carbons (Fsp3) is 0.263. The van der Waals surface area contributed by atoms with Crippen LogP contribution >= 0.6 is 35.0 Å². The van der Waals surface area contributed by atoms with Crippen LogP contribution < -0.4 is 5.32 Å². The minimum Gasteiger partial charge on any atom is -0.383 e. The summed E-state index contributed by atoms with van der Waals surface area (Å²) in [5.74, 6) is -0.172. The average Bonchev–Trinajstić information content (AvgIpc) is 3.00. The Morgan fingerprint density at radius 2 is 2.04 bits per heavy atom. The minimum absolute atomic E-state index is 0.172. The van der Waals surface area contributed by atoms with Gasteiger partial charge in [-0.3, -0.25) is 4.79 Å². The van der Waals surface area contributed by atoms with Crippen LogP contribution in [0.4, 0.5) is 5.69 Å². The summed E-state index contributed by atoms with van der Waals surface area (Å²) in [5.41, 5.74) is 2.40. The van der Waals surface area contributed by atoms with E-state index in [0.29, 0.717) is 28.9 Å². The molecule has 0 aliphatic rings. The zero-order valence-corrected chi connectivity index (χ0v) is 17.2. The number of carbonyl (C=O) groups excluding carboxylic acids is 1. The summed E-state index contributed by atoms with van der Waals surface area (Å²) in [6.07, 6.45) is 0. The summed E-state index contributed by atoms with van der Waals surface area (Å²) in [6.45, 7) is 3.05. The standard InChI is InChI=1S/C19H19Cl2N3O2S/c1-12(18(25)22-15-8-5-6-13(20)17(15)21)27-19-23-14-7-3-4-9-16(14)24(19)10-11-26-2/h3-9,12H,10-11H2,1-2H3,(H,22,25). The number of fused-ring (bicyclic) bond motifs is 1. The zero-order valence-electron chi connectivity index (χ0n) is 14.9. The van der Waals surface area contributed by atoms with Gasteiger partial charge in [-0.05, 0) is 31.2 Å². The third kappa shape index (κ3) is 4.58. The second-order valence-corrected chi connectivity index (χ2v) is 7.97. The molecule has 0 aliphatic heterocycles. The van der Waals surface area contributed by atoms with Crippen LogP contribution in [0.2, 0.25) is 10.0 Å². The first kappa shape index (κ1) is 20.0. The Balaban J connectivity index is 1.79. The van der Waals surface area contributed by atoms with Crippen molar-refractivity contribution in [1.82, 2.24) is 9.55 Å². The lowest BCUT2D eigenvalue weighted by atomic mass is 10.3. The Hall–Kier alpha value is -1.73. The number of nitrogens with zero attached hydrogens (tertiary/aromatic N) is 2. The van der Waals surface area contributed by atoms with Crippen LogP contribution in [0.15, 0.2) is 47.6 Å². The lowest BCUT2D eigenvalue weighted by Crippen LogP contribution is -2.23. The van der Waals surface area contributed by atoms with E-state index in [1.807, 2.05) is 31.2 Å². The maximum absolute atomic E-state index is 12.6. The van der Waals surface area contributed by atoms with Gasteiger partial charge in [0.1, 0.15) is 0 Å². The number of rotatable bonds is 7. The predicted molar refractivity (Wildman–Crippen MR) is 112 cm³/mol. The highest BCUT2D eigenvalue weighted by atomic mass is 35.5. The molecule has 1 aromatic heterocycles. The monoisotopic (exact) mass is 423 g/mol. The molecule has 3 aromatic rings. The summed E-state index contributed by atoms with van der Waals surface area (Å²) >= 11 is 13.6. The van der Waals surface area contributed by atoms with Gasteiger partial charge in [-0.15, -0.1) is 0 Å². The van der Waals surface area contributed by atoms with Crippen molar-refractivity contribution in [2.45, 2.75) is 23.9 Å². The molecule has 1 amide bonds. The predicted octanol–water partition coefficient (Wildman–Crippen LogP) is 5.11. The van der Waals surface area contributed by atoms with Gasteiger partial charge in [0.2, 0.25) is 5.91 Å². The van der Waals surface area contributed by atoms with Crippen LogP contribution in [0.5, 0.6) is 0 Å². The van der Waals surface area contributed by atoms with E-state index in [1.165, 1.54) is 11.8 Å². The Morgan fingerprint density at radius 3 is 2.81 bits per heavy atom. The van der Waals surface area contributed by atoms with Crippen LogP contribution in [0.3, 0.4) is 0 Å². The lowest BCUT2D eigenvalue weighted by Gasteiger charge is -2.14. The summed E-state index contributed by atoms with van der Waals surface area (Å²) in [7, 11) is 1.66. The molecule has 5 nitrogen and oxygen atoms in total. The molecule has 0 saturated carbocycles. The number of ether oxygens (including phenoxy) is 1. The smallest absolute Gasteiger partial charge is 0.237 e. The number of hydrogen-bond donors (Lipinski definition) is 1. The summed E-state index contributed by atoms with van der Waals surface area (Å²) in [5, 5.41) is 3.95. The fourth-order valence-electron chi connectivity index (χ4n) is 2.59. The molecule has 1 heterocycles. The van der Waals surface area contributed by atoms with E-state index in [9.17, 15) is 4.79 Å². The Morgan fingerprint density at radius 1 is 1.26 bits per heavy atom. The number of anilines is 1. The van der Waals surface area contributed by atoms with Crippen molar-refractivity contribution in [3.63, 3.8) is 0 Å². The maximum atomic E-state index is 12.6. The molecule has 0 bridgehead atoms. The van der Waals surface area contributed by atoms with E-state index in [1.54, 1.807) is 25.3 Å². The normalized spacial score (nSPS) is 12.3. The number of nitrogens with one attached hydrogen (secondary N) is 1. The van der Waals surface area contributed by atoms with E-state index >= 15 is 0 Å². The Labute approximate surface area is 172 Å². The average molecular weight is 424 g/mol. The van der Waals surface area contributed by atoms with Gasteiger partial charge in [-0.2, -0.15) is 0 Å². The van der Waals surface area contributed by atoms with Crippen LogP contribution in [0.1, 0.15) is 6.92 Å². The molecule has 8 heteroatoms. The van der Waals surface area contributed by atoms with Crippen LogP contribution in [-0.2, 0) is 16.1 Å². The van der Waals surface area contributed by atoms with Gasteiger partial charge in [-0.1, -0.05) is 53.2 Å². The van der Waals surface area contributed by atoms with Crippen molar-refractivity contribution < 1.29 is 9.53 Å². The molecular formula is C19H19Cl2N3O2S. The van der Waals surface area contributed by atoms with Gasteiger partial charge in [0.05, 0.1) is 38.6 Å². The van der Waals surface area contributed by atoms with Gasteiger partial charge in [0.25, 0.3) is 0 Å². The molecule has 1 atom stereocenters. The van der Waals surface area contributed by atoms with Crippen LogP contribution in [0, 0.1) is 0 Å². The number of hydrogen-bond acceptors (Lipinski definition) is 4. The van der Waals surface area contributed by atoms with Gasteiger partial charge in [0.15, 0.2) is 5.16 Å². The second kappa shape index (κ2) is 8.97. The third-order valence-corrected chi connectivity index (χ3v) is 5.91. The molecule has 2 aromatic carbocycles. The Bertz CT molecular complexity index is 961. The summed E-state index contributed by atoms with van der Waals surface area (Å²) < 4.78 is 7.28. The highest BCUT2D eigenvalue weighted by Crippen LogP contribution is 2.31. The Kier molecular flexibility index (Phi) is 6.65. The van der Waals surface area contributed by atoms with E-state index in [0.717, 1.165) is 16.2 Å². The van der Waals surface area contributed by atoms with E-state index in [-0.39, 0.29) is 11.2 Å². The lowest BCUT2D eigenvalue weighted by molar-refractivity contribution is -0.115. The molecule has 27 heavy (non-hydrogen) atoms. The minimum atomic E-state index is -0.377. The van der Waals surface area contributed by atoms with Crippen molar-refractivity contribution in [2.75, 3.05) is 19.0 Å². The number of thioether (sulfide) groups is 1. The summed E-state index contributed by atoms with van der Waals surface area (Å²) in [4.78, 5) is 17.3. The zero-order chi connectivity index (χ0) is 19.4. The highest BCUT2D eigenvalue weighted by Gasteiger charge is 2.20. The van der Waals surface area contributed by atoms with Crippen molar-refractivity contribution in [2.24, 2.45) is 0 Å². The first-order chi connectivity index (χ1) is 13.0. The number of imidazole rings is 1. The van der Waals surface area contributed by atoms with Gasteiger partial charge >= 0.3 is 0 Å². The van der Waals surface area contributed by atoms with Crippen LogP contribution in [0.25, 0.3) is 11.0 Å². The number of carbonyl (C=O) groups is 1. The first-order valence-corrected chi connectivity index (χ1v) is 10.0. The van der Waals surface area contributed by atoms with E-state index in [2.05, 4.69) is 14.9 Å². The van der Waals surface area contributed by atoms with Gasteiger partial charge < -0.3 is 14.6 Å². The second-order valence-electron chi connectivity index (χ2n) is 5.88. The van der Waals surface area contributed by atoms with Gasteiger partial charge in [0, 0.05) is 13.7 Å². The molecule has 142 valence electrons. The molecule has 1 N–H and O–H groups in total. The molecular weight excluding hydrogens is 405 g/mol. The van der Waals surface area contributed by atoms with Crippen LogP contribution in [-0.4, -0.2) is 34.4 Å². The fourth-order valence-corrected chi connectivity index (χ4v) is 3.89. The number of methoxy groups -OCH3 is 1. The molecule has 0 fully saturated rings. The maximum Gasteiger partial charge on any atom is 0.237 e. The molecule has 0 spiro atoms. The summed E-state index contributed by atoms with van der Waals surface area (Å²) in [6, 6.07) is 13.0. The molecule has 0 radical (unpaired) electrons. The van der Waals surface area contributed by atoms with E-state index in [4.69, 9.17) is 27.9 Å². The number of amides is 1. The van der Waals surface area contributed by atoms with E-state index < -0.39 is 0 Å². The number of aromatic nitrogens is 2.